The number of imidazole rings is 1. The van der Waals surface area contributed by atoms with Crippen molar-refractivity contribution in [2.24, 2.45) is 0 Å². The molecule has 0 saturated heterocycles. The first-order valence-electron chi connectivity index (χ1n) is 10.4. The van der Waals surface area contributed by atoms with Crippen LogP contribution in [0.15, 0.2) is 71.9 Å². The molecule has 1 N–H and O–H groups in total. The van der Waals surface area contributed by atoms with E-state index >= 15 is 0 Å². The van der Waals surface area contributed by atoms with Gasteiger partial charge in [-0.15, -0.1) is 22.0 Å². The van der Waals surface area contributed by atoms with Crippen molar-refractivity contribution in [2.45, 2.75) is 11.8 Å². The lowest BCUT2D eigenvalue weighted by atomic mass is 9.99. The smallest absolute Gasteiger partial charge is 0.340 e. The van der Waals surface area contributed by atoms with Crippen LogP contribution < -0.4 is 0 Å². The summed E-state index contributed by atoms with van der Waals surface area (Å²) in [6.07, 6.45) is 1.74. The third-order valence-corrected chi connectivity index (χ3v) is 6.26. The van der Waals surface area contributed by atoms with Crippen LogP contribution >= 0.6 is 11.8 Å². The molecule has 0 radical (unpaired) electrons. The van der Waals surface area contributed by atoms with Gasteiger partial charge in [-0.25, -0.2) is 9.78 Å². The van der Waals surface area contributed by atoms with Crippen LogP contribution in [0.4, 0.5) is 0 Å². The number of esters is 1. The van der Waals surface area contributed by atoms with Crippen molar-refractivity contribution in [2.75, 3.05) is 12.9 Å². The number of ether oxygens (including phenoxy) is 1. The Morgan fingerprint density at radius 1 is 1.06 bits per heavy atom. The van der Waals surface area contributed by atoms with Crippen molar-refractivity contribution in [3.05, 3.63) is 72.6 Å². The number of H-pyrrole nitrogens is 1. The van der Waals surface area contributed by atoms with E-state index in [-0.39, 0.29) is 0 Å². The van der Waals surface area contributed by atoms with E-state index in [2.05, 4.69) is 50.7 Å². The van der Waals surface area contributed by atoms with Crippen LogP contribution in [-0.2, 0) is 4.74 Å². The van der Waals surface area contributed by atoms with Crippen LogP contribution in [0.2, 0.25) is 0 Å². The van der Waals surface area contributed by atoms with Gasteiger partial charge in [0.1, 0.15) is 6.33 Å². The summed E-state index contributed by atoms with van der Waals surface area (Å²) in [6.45, 7) is 2.12. The van der Waals surface area contributed by atoms with Crippen LogP contribution in [0.5, 0.6) is 0 Å². The van der Waals surface area contributed by atoms with E-state index in [1.165, 1.54) is 7.11 Å². The molecule has 9 heteroatoms. The van der Waals surface area contributed by atoms with E-state index in [9.17, 15) is 4.79 Å². The van der Waals surface area contributed by atoms with Gasteiger partial charge in [-0.1, -0.05) is 43.3 Å². The third kappa shape index (κ3) is 3.76. The van der Waals surface area contributed by atoms with E-state index in [1.54, 1.807) is 24.2 Å². The molecule has 0 fully saturated rings. The molecule has 33 heavy (non-hydrogen) atoms. The first kappa shape index (κ1) is 20.9. The molecule has 2 aromatic heterocycles. The first-order chi connectivity index (χ1) is 16.2. The lowest BCUT2D eigenvalue weighted by Gasteiger charge is -2.15. The van der Waals surface area contributed by atoms with Crippen LogP contribution in [0.1, 0.15) is 17.3 Å². The minimum Gasteiger partial charge on any atom is -0.465 e. The Bertz CT molecular complexity index is 1440. The molecule has 0 bridgehead atoms. The predicted molar refractivity (Wildman–Crippen MR) is 127 cm³/mol. The summed E-state index contributed by atoms with van der Waals surface area (Å²) in [4.78, 5) is 18.0. The maximum atomic E-state index is 12.4. The Morgan fingerprint density at radius 3 is 2.67 bits per heavy atom. The normalized spacial score (nSPS) is 11.1. The Kier molecular flexibility index (Phi) is 5.62. The largest absolute Gasteiger partial charge is 0.465 e. The van der Waals surface area contributed by atoms with Crippen molar-refractivity contribution < 1.29 is 9.53 Å². The van der Waals surface area contributed by atoms with Gasteiger partial charge in [0.15, 0.2) is 0 Å². The molecular weight excluding hydrogens is 436 g/mol. The number of nitrogens with one attached hydrogen (secondary N) is 1. The van der Waals surface area contributed by atoms with Gasteiger partial charge in [0.05, 0.1) is 23.7 Å². The van der Waals surface area contributed by atoms with Crippen LogP contribution in [0.3, 0.4) is 0 Å². The summed E-state index contributed by atoms with van der Waals surface area (Å²) in [6, 6.07) is 19.7. The fourth-order valence-corrected chi connectivity index (χ4v) is 4.73. The highest BCUT2D eigenvalue weighted by molar-refractivity contribution is 7.99. The fourth-order valence-electron chi connectivity index (χ4n) is 3.88. The minimum atomic E-state index is -0.392. The molecule has 0 aliphatic heterocycles. The summed E-state index contributed by atoms with van der Waals surface area (Å²) in [5.74, 6) is 1.06. The summed E-state index contributed by atoms with van der Waals surface area (Å²) < 4.78 is 6.92. The maximum absolute atomic E-state index is 12.4. The number of nitrogens with zero attached hydrogens (tertiary/aromatic N) is 5. The number of para-hydroxylation sites is 1. The third-order valence-electron chi connectivity index (χ3n) is 5.32. The number of hydrogen-bond acceptors (Lipinski definition) is 7. The molecule has 0 aliphatic carbocycles. The van der Waals surface area contributed by atoms with Crippen molar-refractivity contribution in [3.8, 4) is 28.2 Å². The van der Waals surface area contributed by atoms with Crippen LogP contribution in [0.25, 0.3) is 39.2 Å². The van der Waals surface area contributed by atoms with Crippen molar-refractivity contribution in [1.29, 1.82) is 0 Å². The van der Waals surface area contributed by atoms with E-state index in [0.717, 1.165) is 44.1 Å². The summed E-state index contributed by atoms with van der Waals surface area (Å²) in [7, 11) is 1.38. The number of rotatable bonds is 6. The van der Waals surface area contributed by atoms with Crippen molar-refractivity contribution in [3.63, 3.8) is 0 Å². The summed E-state index contributed by atoms with van der Waals surface area (Å²) in [5, 5.41) is 14.6. The van der Waals surface area contributed by atoms with Crippen molar-refractivity contribution in [1.82, 2.24) is 30.2 Å². The van der Waals surface area contributed by atoms with Gasteiger partial charge in [0.25, 0.3) is 0 Å². The van der Waals surface area contributed by atoms with E-state index in [1.807, 2.05) is 41.0 Å². The average molecular weight is 457 g/mol. The molecule has 0 aliphatic rings. The zero-order valence-electron chi connectivity index (χ0n) is 18.0. The molecule has 0 spiro atoms. The van der Waals surface area contributed by atoms with E-state index in [0.29, 0.717) is 11.4 Å². The lowest BCUT2D eigenvalue weighted by Crippen LogP contribution is -2.05. The van der Waals surface area contributed by atoms with Crippen LogP contribution in [0, 0.1) is 0 Å². The van der Waals surface area contributed by atoms with Crippen LogP contribution in [-0.4, -0.2) is 49.0 Å². The second-order valence-corrected chi connectivity index (χ2v) is 8.48. The number of methoxy groups -OCH3 is 1. The highest BCUT2D eigenvalue weighted by Crippen LogP contribution is 2.38. The minimum absolute atomic E-state index is 0.392. The number of tetrazole rings is 1. The number of thioether (sulfide) groups is 1. The predicted octanol–water partition coefficient (Wildman–Crippen LogP) is 4.77. The fraction of sp³-hybridized carbons (Fsp3) is 0.125. The number of aromatic amines is 1. The number of carbonyl (C=O) groups excluding carboxylic acids is 1. The Hall–Kier alpha value is -3.98. The van der Waals surface area contributed by atoms with Gasteiger partial charge in [-0.05, 0) is 46.4 Å². The molecule has 0 saturated carbocycles. The van der Waals surface area contributed by atoms with Gasteiger partial charge in [-0.3, -0.25) is 4.57 Å². The highest BCUT2D eigenvalue weighted by Gasteiger charge is 2.18. The lowest BCUT2D eigenvalue weighted by molar-refractivity contribution is 0.0602. The molecule has 0 unspecified atom stereocenters. The highest BCUT2D eigenvalue weighted by atomic mass is 32.2. The van der Waals surface area contributed by atoms with Gasteiger partial charge < -0.3 is 4.74 Å². The average Bonchev–Trinajstić information content (AvgIpc) is 3.54. The second-order valence-electron chi connectivity index (χ2n) is 7.17. The van der Waals surface area contributed by atoms with E-state index < -0.39 is 5.97 Å². The molecule has 0 atom stereocenters. The molecule has 5 aromatic rings. The maximum Gasteiger partial charge on any atom is 0.340 e. The molecule has 0 amide bonds. The molecule has 8 nitrogen and oxygen atoms in total. The van der Waals surface area contributed by atoms with Gasteiger partial charge >= 0.3 is 5.97 Å². The first-order valence-corrected chi connectivity index (χ1v) is 11.3. The van der Waals surface area contributed by atoms with Gasteiger partial charge in [0.2, 0.25) is 5.82 Å². The van der Waals surface area contributed by atoms with Crippen molar-refractivity contribution >= 4 is 28.8 Å². The number of fused-ring (bicyclic) bond motifs is 1. The SMILES string of the molecule is CCSc1cc(-n2cnc3cccc(C(=O)OC)c32)ccc1-c1ccccc1-c1nn[nH]n1. The Balaban J connectivity index is 1.68. The summed E-state index contributed by atoms with van der Waals surface area (Å²) in [5.41, 5.74) is 5.83. The number of benzene rings is 3. The number of aromatic nitrogens is 6. The monoisotopic (exact) mass is 456 g/mol. The standard InChI is InChI=1S/C24H20N6O2S/c1-3-33-21-13-15(30-14-25-20-10-6-9-19(22(20)30)24(31)32-2)11-12-17(21)16-7-4-5-8-18(16)23-26-28-29-27-23/h4-14H,3H2,1-2H3,(H,26,27,28,29). The Labute approximate surface area is 194 Å². The molecule has 2 heterocycles. The Morgan fingerprint density at radius 2 is 1.91 bits per heavy atom. The molecule has 164 valence electrons. The zero-order valence-corrected chi connectivity index (χ0v) is 18.8. The number of carbonyl (C=O) groups is 1. The quantitative estimate of drug-likeness (QED) is 0.290. The zero-order chi connectivity index (χ0) is 22.8. The summed E-state index contributed by atoms with van der Waals surface area (Å²) >= 11 is 1.74. The second kappa shape index (κ2) is 8.87. The topological polar surface area (TPSA) is 98.6 Å². The van der Waals surface area contributed by atoms with Gasteiger partial charge in [-0.2, -0.15) is 5.21 Å². The molecular formula is C24H20N6O2S. The molecule has 5 rings (SSSR count). The number of hydrogen-bond donors (Lipinski definition) is 1. The molecule has 3 aromatic carbocycles. The van der Waals surface area contributed by atoms with Gasteiger partial charge in [0, 0.05) is 16.1 Å². The van der Waals surface area contributed by atoms with E-state index in [4.69, 9.17) is 4.74 Å².